The van der Waals surface area contributed by atoms with E-state index in [1.165, 1.54) is 6.42 Å². The Bertz CT molecular complexity index is 452. The van der Waals surface area contributed by atoms with Gasteiger partial charge in [0.05, 0.1) is 0 Å². The van der Waals surface area contributed by atoms with E-state index in [0.717, 1.165) is 43.7 Å². The number of benzene rings is 1. The van der Waals surface area contributed by atoms with Crippen LogP contribution in [0.25, 0.3) is 0 Å². The van der Waals surface area contributed by atoms with Gasteiger partial charge in [0, 0.05) is 31.9 Å². The molecular weight excluding hydrogens is 262 g/mol. The summed E-state index contributed by atoms with van der Waals surface area (Å²) in [6.07, 6.45) is 3.52. The fourth-order valence-electron chi connectivity index (χ4n) is 3.02. The van der Waals surface area contributed by atoms with Crippen LogP contribution in [0.15, 0.2) is 24.3 Å². The Balaban J connectivity index is 2.09. The van der Waals surface area contributed by atoms with Crippen LogP contribution in [-0.2, 0) is 11.3 Å². The van der Waals surface area contributed by atoms with Crippen molar-refractivity contribution in [1.82, 2.24) is 4.90 Å². The first-order chi connectivity index (χ1) is 10.2. The van der Waals surface area contributed by atoms with E-state index in [9.17, 15) is 4.79 Å². The summed E-state index contributed by atoms with van der Waals surface area (Å²) < 4.78 is 0. The lowest BCUT2D eigenvalue weighted by molar-refractivity contribution is -0.133. The lowest BCUT2D eigenvalue weighted by Crippen LogP contribution is -2.48. The Kier molecular flexibility index (Phi) is 5.62. The summed E-state index contributed by atoms with van der Waals surface area (Å²) in [6.45, 7) is 7.30. The van der Waals surface area contributed by atoms with Crippen molar-refractivity contribution >= 4 is 11.6 Å². The Morgan fingerprint density at radius 3 is 2.38 bits per heavy atom. The predicted octanol–water partition coefficient (Wildman–Crippen LogP) is 2.37. The molecule has 0 spiro atoms. The maximum atomic E-state index is 12.7. The van der Waals surface area contributed by atoms with Gasteiger partial charge in [-0.05, 0) is 50.8 Å². The Hall–Kier alpha value is -1.55. The summed E-state index contributed by atoms with van der Waals surface area (Å²) in [6, 6.07) is 8.08. The second kappa shape index (κ2) is 7.46. The molecule has 4 heteroatoms. The Labute approximate surface area is 127 Å². The maximum absolute atomic E-state index is 12.7. The number of likely N-dealkylation sites (tertiary alicyclic amines) is 1. The average Bonchev–Trinajstić information content (AvgIpc) is 2.56. The molecule has 1 aliphatic rings. The van der Waals surface area contributed by atoms with Crippen LogP contribution in [0.2, 0.25) is 0 Å². The van der Waals surface area contributed by atoms with E-state index in [0.29, 0.717) is 6.54 Å². The van der Waals surface area contributed by atoms with Crippen LogP contribution in [0.4, 0.5) is 5.69 Å². The zero-order chi connectivity index (χ0) is 15.2. The summed E-state index contributed by atoms with van der Waals surface area (Å²) in [5.41, 5.74) is 7.85. The maximum Gasteiger partial charge on any atom is 0.244 e. The smallest absolute Gasteiger partial charge is 0.244 e. The molecule has 0 radical (unpaired) electrons. The second-order valence-corrected chi connectivity index (χ2v) is 5.72. The number of rotatable bonds is 5. The van der Waals surface area contributed by atoms with Gasteiger partial charge in [-0.1, -0.05) is 12.1 Å². The van der Waals surface area contributed by atoms with Crippen LogP contribution < -0.4 is 10.6 Å². The van der Waals surface area contributed by atoms with Gasteiger partial charge in [0.1, 0.15) is 6.04 Å². The lowest BCUT2D eigenvalue weighted by Gasteiger charge is -2.35. The SMILES string of the molecule is CCN(c1ccc(CN)cc1)C(C)C(=O)N1CCCCC1. The zero-order valence-corrected chi connectivity index (χ0v) is 13.2. The highest BCUT2D eigenvalue weighted by atomic mass is 16.2. The van der Waals surface area contributed by atoms with E-state index < -0.39 is 0 Å². The third-order valence-electron chi connectivity index (χ3n) is 4.34. The van der Waals surface area contributed by atoms with Crippen molar-refractivity contribution < 1.29 is 4.79 Å². The molecule has 0 aromatic heterocycles. The zero-order valence-electron chi connectivity index (χ0n) is 13.2. The fourth-order valence-corrected chi connectivity index (χ4v) is 3.02. The number of anilines is 1. The molecule has 1 aliphatic heterocycles. The first-order valence-corrected chi connectivity index (χ1v) is 8.01. The average molecular weight is 289 g/mol. The minimum atomic E-state index is -0.114. The number of amides is 1. The minimum Gasteiger partial charge on any atom is -0.360 e. The summed E-state index contributed by atoms with van der Waals surface area (Å²) in [7, 11) is 0. The molecule has 1 aromatic carbocycles. The quantitative estimate of drug-likeness (QED) is 0.905. The van der Waals surface area contributed by atoms with E-state index in [1.54, 1.807) is 0 Å². The second-order valence-electron chi connectivity index (χ2n) is 5.72. The van der Waals surface area contributed by atoms with E-state index in [1.807, 2.05) is 24.0 Å². The van der Waals surface area contributed by atoms with Crippen molar-refractivity contribution in [3.63, 3.8) is 0 Å². The normalized spacial score (nSPS) is 16.6. The van der Waals surface area contributed by atoms with E-state index in [-0.39, 0.29) is 11.9 Å². The molecule has 1 heterocycles. The molecule has 0 aliphatic carbocycles. The van der Waals surface area contributed by atoms with Gasteiger partial charge in [-0.2, -0.15) is 0 Å². The number of likely N-dealkylation sites (N-methyl/N-ethyl adjacent to an activating group) is 1. The van der Waals surface area contributed by atoms with Gasteiger partial charge >= 0.3 is 0 Å². The lowest BCUT2D eigenvalue weighted by atomic mass is 10.1. The molecule has 1 unspecified atom stereocenters. The van der Waals surface area contributed by atoms with Crippen molar-refractivity contribution in [2.75, 3.05) is 24.5 Å². The van der Waals surface area contributed by atoms with Crippen LogP contribution >= 0.6 is 0 Å². The molecular formula is C17H27N3O. The molecule has 2 rings (SSSR count). The van der Waals surface area contributed by atoms with Crippen molar-refractivity contribution in [3.8, 4) is 0 Å². The first kappa shape index (κ1) is 15.8. The van der Waals surface area contributed by atoms with Gasteiger partial charge in [0.2, 0.25) is 5.91 Å². The van der Waals surface area contributed by atoms with Crippen molar-refractivity contribution in [2.24, 2.45) is 5.73 Å². The number of nitrogens with zero attached hydrogens (tertiary/aromatic N) is 2. The Morgan fingerprint density at radius 1 is 1.24 bits per heavy atom. The monoisotopic (exact) mass is 289 g/mol. The molecule has 116 valence electrons. The third kappa shape index (κ3) is 3.76. The van der Waals surface area contributed by atoms with E-state index in [4.69, 9.17) is 5.73 Å². The summed E-state index contributed by atoms with van der Waals surface area (Å²) >= 11 is 0. The highest BCUT2D eigenvalue weighted by Crippen LogP contribution is 2.20. The van der Waals surface area contributed by atoms with Gasteiger partial charge in [-0.15, -0.1) is 0 Å². The van der Waals surface area contributed by atoms with Gasteiger partial charge in [-0.3, -0.25) is 4.79 Å². The van der Waals surface area contributed by atoms with E-state index in [2.05, 4.69) is 24.0 Å². The van der Waals surface area contributed by atoms with Crippen LogP contribution in [0.3, 0.4) is 0 Å². The standard InChI is InChI=1S/C17H27N3O/c1-3-20(16-9-7-15(13-18)8-10-16)14(2)17(21)19-11-5-4-6-12-19/h7-10,14H,3-6,11-13,18H2,1-2H3. The molecule has 21 heavy (non-hydrogen) atoms. The molecule has 0 saturated carbocycles. The number of carbonyl (C=O) groups excluding carboxylic acids is 1. The number of carbonyl (C=O) groups is 1. The number of hydrogen-bond acceptors (Lipinski definition) is 3. The molecule has 1 fully saturated rings. The third-order valence-corrected chi connectivity index (χ3v) is 4.34. The number of piperidine rings is 1. The topological polar surface area (TPSA) is 49.6 Å². The van der Waals surface area contributed by atoms with Gasteiger partial charge in [-0.25, -0.2) is 0 Å². The molecule has 1 atom stereocenters. The summed E-state index contributed by atoms with van der Waals surface area (Å²) in [5.74, 6) is 0.249. The molecule has 1 amide bonds. The molecule has 4 nitrogen and oxygen atoms in total. The fraction of sp³-hybridized carbons (Fsp3) is 0.588. The molecule has 1 aromatic rings. The molecule has 1 saturated heterocycles. The molecule has 0 bridgehead atoms. The van der Waals surface area contributed by atoms with Gasteiger partial charge < -0.3 is 15.5 Å². The largest absolute Gasteiger partial charge is 0.360 e. The van der Waals surface area contributed by atoms with Crippen LogP contribution in [0.1, 0.15) is 38.7 Å². The number of nitrogens with two attached hydrogens (primary N) is 1. The highest BCUT2D eigenvalue weighted by Gasteiger charge is 2.26. The van der Waals surface area contributed by atoms with Crippen LogP contribution in [0.5, 0.6) is 0 Å². The van der Waals surface area contributed by atoms with Crippen LogP contribution in [-0.4, -0.2) is 36.5 Å². The summed E-state index contributed by atoms with van der Waals surface area (Å²) in [4.78, 5) is 16.8. The Morgan fingerprint density at radius 2 is 1.86 bits per heavy atom. The highest BCUT2D eigenvalue weighted by molar-refractivity contribution is 5.85. The van der Waals surface area contributed by atoms with Crippen LogP contribution in [0, 0.1) is 0 Å². The van der Waals surface area contributed by atoms with Gasteiger partial charge in [0.15, 0.2) is 0 Å². The van der Waals surface area contributed by atoms with Crippen molar-refractivity contribution in [2.45, 2.75) is 45.7 Å². The number of hydrogen-bond donors (Lipinski definition) is 1. The summed E-state index contributed by atoms with van der Waals surface area (Å²) in [5, 5.41) is 0. The van der Waals surface area contributed by atoms with Crippen molar-refractivity contribution in [1.29, 1.82) is 0 Å². The first-order valence-electron chi connectivity index (χ1n) is 8.01. The minimum absolute atomic E-state index is 0.114. The molecule has 2 N–H and O–H groups in total. The van der Waals surface area contributed by atoms with Crippen molar-refractivity contribution in [3.05, 3.63) is 29.8 Å². The van der Waals surface area contributed by atoms with Gasteiger partial charge in [0.25, 0.3) is 0 Å². The predicted molar refractivity (Wildman–Crippen MR) is 87.2 cm³/mol. The van der Waals surface area contributed by atoms with E-state index >= 15 is 0 Å².